The zero-order valence-corrected chi connectivity index (χ0v) is 16.9. The van der Waals surface area contributed by atoms with Crippen molar-refractivity contribution >= 4 is 5.71 Å². The van der Waals surface area contributed by atoms with E-state index < -0.39 is 0 Å². The van der Waals surface area contributed by atoms with Crippen molar-refractivity contribution in [2.24, 2.45) is 4.99 Å². The van der Waals surface area contributed by atoms with E-state index in [0.29, 0.717) is 12.1 Å². The lowest BCUT2D eigenvalue weighted by Crippen LogP contribution is -2.67. The summed E-state index contributed by atoms with van der Waals surface area (Å²) in [4.78, 5) is 7.21. The molecule has 0 radical (unpaired) electrons. The molecule has 3 N–H and O–H groups in total. The monoisotopic (exact) mass is 377 g/mol. The Morgan fingerprint density at radius 3 is 2.89 bits per heavy atom. The summed E-state index contributed by atoms with van der Waals surface area (Å²) >= 11 is 0. The zero-order valence-electron chi connectivity index (χ0n) is 16.9. The van der Waals surface area contributed by atoms with Gasteiger partial charge in [0.2, 0.25) is 0 Å². The second kappa shape index (κ2) is 8.65. The minimum atomic E-state index is 0.642. The Kier molecular flexibility index (Phi) is 5.81. The van der Waals surface area contributed by atoms with E-state index in [1.165, 1.54) is 29.0 Å². The first kappa shape index (κ1) is 18.8. The van der Waals surface area contributed by atoms with E-state index >= 15 is 0 Å². The van der Waals surface area contributed by atoms with Crippen molar-refractivity contribution in [3.63, 3.8) is 0 Å². The van der Waals surface area contributed by atoms with Gasteiger partial charge in [-0.25, -0.2) is 0 Å². The first-order valence-electron chi connectivity index (χ1n) is 10.4. The van der Waals surface area contributed by atoms with Gasteiger partial charge < -0.3 is 20.9 Å². The van der Waals surface area contributed by atoms with Crippen LogP contribution >= 0.6 is 0 Å². The fourth-order valence-corrected chi connectivity index (χ4v) is 4.32. The smallest absolute Gasteiger partial charge is 0.0737 e. The lowest BCUT2D eigenvalue weighted by atomic mass is 9.87. The second-order valence-corrected chi connectivity index (χ2v) is 7.64. The minimum Gasteiger partial charge on any atom is -0.386 e. The summed E-state index contributed by atoms with van der Waals surface area (Å²) in [5, 5.41) is 10.5. The number of piperazine rings is 1. The molecule has 2 atom stereocenters. The molecule has 2 saturated heterocycles. The molecule has 2 bridgehead atoms. The van der Waals surface area contributed by atoms with E-state index in [4.69, 9.17) is 0 Å². The molecular formula is C23H31N5. The minimum absolute atomic E-state index is 0.642. The molecule has 0 saturated carbocycles. The fraction of sp³-hybridized carbons (Fsp3) is 0.435. The summed E-state index contributed by atoms with van der Waals surface area (Å²) in [6.07, 6.45) is 19.4. The second-order valence-electron chi connectivity index (χ2n) is 7.64. The van der Waals surface area contributed by atoms with Crippen LogP contribution in [0, 0.1) is 0 Å². The number of aliphatic imine (C=N–C) groups is 1. The van der Waals surface area contributed by atoms with Gasteiger partial charge in [-0.2, -0.15) is 0 Å². The fourth-order valence-electron chi connectivity index (χ4n) is 4.32. The van der Waals surface area contributed by atoms with Crippen LogP contribution in [0.3, 0.4) is 0 Å². The number of hydrogen-bond acceptors (Lipinski definition) is 5. The molecule has 2 fully saturated rings. The lowest BCUT2D eigenvalue weighted by molar-refractivity contribution is 0.0216. The van der Waals surface area contributed by atoms with E-state index in [1.54, 1.807) is 0 Å². The first-order valence-corrected chi connectivity index (χ1v) is 10.4. The van der Waals surface area contributed by atoms with Crippen molar-refractivity contribution < 1.29 is 0 Å². The number of fused-ring (bicyclic) bond motifs is 2. The van der Waals surface area contributed by atoms with Crippen LogP contribution in [0.1, 0.15) is 26.7 Å². The topological polar surface area (TPSA) is 51.7 Å². The first-order chi connectivity index (χ1) is 13.8. The largest absolute Gasteiger partial charge is 0.386 e. The molecule has 1 aliphatic carbocycles. The highest BCUT2D eigenvalue weighted by Crippen LogP contribution is 2.35. The van der Waals surface area contributed by atoms with Crippen molar-refractivity contribution in [3.8, 4) is 0 Å². The average Bonchev–Trinajstić information content (AvgIpc) is 2.73. The van der Waals surface area contributed by atoms with Crippen molar-refractivity contribution in [2.45, 2.75) is 38.8 Å². The molecular weight excluding hydrogens is 346 g/mol. The number of nitrogens with zero attached hydrogens (tertiary/aromatic N) is 2. The molecule has 0 spiro atoms. The number of dihydropyridines is 1. The number of rotatable bonds is 6. The van der Waals surface area contributed by atoms with Gasteiger partial charge in [0.1, 0.15) is 0 Å². The van der Waals surface area contributed by atoms with Crippen molar-refractivity contribution in [1.82, 2.24) is 20.9 Å². The van der Waals surface area contributed by atoms with Gasteiger partial charge in [-0.15, -0.1) is 0 Å². The Hall–Kier alpha value is -2.53. The third-order valence-electron chi connectivity index (χ3n) is 5.67. The van der Waals surface area contributed by atoms with E-state index in [1.807, 2.05) is 19.2 Å². The molecule has 2 unspecified atom stereocenters. The maximum atomic E-state index is 4.61. The Labute approximate surface area is 168 Å². The van der Waals surface area contributed by atoms with Crippen LogP contribution in [0.4, 0.5) is 0 Å². The van der Waals surface area contributed by atoms with Crippen LogP contribution in [0.25, 0.3) is 0 Å². The van der Waals surface area contributed by atoms with E-state index in [2.05, 4.69) is 69.3 Å². The molecule has 0 aromatic heterocycles. The van der Waals surface area contributed by atoms with Crippen LogP contribution in [0.15, 0.2) is 76.4 Å². The molecule has 0 aromatic carbocycles. The average molecular weight is 378 g/mol. The van der Waals surface area contributed by atoms with Crippen LogP contribution in [0.2, 0.25) is 0 Å². The Morgan fingerprint density at radius 2 is 2.14 bits per heavy atom. The van der Waals surface area contributed by atoms with E-state index in [-0.39, 0.29) is 0 Å². The molecule has 3 heterocycles. The molecule has 3 aliphatic heterocycles. The van der Waals surface area contributed by atoms with Crippen LogP contribution in [0.5, 0.6) is 0 Å². The highest BCUT2D eigenvalue weighted by molar-refractivity contribution is 6.12. The van der Waals surface area contributed by atoms with E-state index in [0.717, 1.165) is 38.3 Å². The van der Waals surface area contributed by atoms with Gasteiger partial charge in [0.25, 0.3) is 0 Å². The maximum Gasteiger partial charge on any atom is 0.0737 e. The summed E-state index contributed by atoms with van der Waals surface area (Å²) in [5.41, 5.74) is 6.03. The third-order valence-corrected chi connectivity index (χ3v) is 5.67. The predicted octanol–water partition coefficient (Wildman–Crippen LogP) is 2.76. The number of piperidine rings is 1. The summed E-state index contributed by atoms with van der Waals surface area (Å²) < 4.78 is 0. The molecule has 4 aliphatic rings. The molecule has 5 nitrogen and oxygen atoms in total. The Morgan fingerprint density at radius 1 is 1.29 bits per heavy atom. The molecule has 0 aromatic rings. The molecule has 4 rings (SSSR count). The lowest BCUT2D eigenvalue weighted by Gasteiger charge is -2.56. The maximum absolute atomic E-state index is 4.61. The highest BCUT2D eigenvalue weighted by atomic mass is 15.3. The highest BCUT2D eigenvalue weighted by Gasteiger charge is 2.43. The van der Waals surface area contributed by atoms with Crippen molar-refractivity contribution in [3.05, 3.63) is 71.4 Å². The van der Waals surface area contributed by atoms with Gasteiger partial charge in [-0.05, 0) is 43.1 Å². The standard InChI is InChI=1S/C23H31N5/c1-3-5-18-7-6-17(11-21(18)26-9-4-2)13-27-22-16-24-10-8-23(22)28-19-12-20(28)15-25-14-19/h4-9,11,16,19-20,24-25,27H,3,10,12-15H2,1-2H3/b9-4-,18-5+,26-21+. The van der Waals surface area contributed by atoms with Gasteiger partial charge in [-0.1, -0.05) is 31.2 Å². The normalized spacial score (nSPS) is 29.4. The van der Waals surface area contributed by atoms with Crippen molar-refractivity contribution in [1.29, 1.82) is 0 Å². The molecule has 28 heavy (non-hydrogen) atoms. The number of nitrogens with one attached hydrogen (secondary N) is 3. The van der Waals surface area contributed by atoms with Crippen LogP contribution in [-0.2, 0) is 0 Å². The van der Waals surface area contributed by atoms with Crippen LogP contribution < -0.4 is 16.0 Å². The van der Waals surface area contributed by atoms with Gasteiger partial charge in [0.05, 0.1) is 17.1 Å². The third kappa shape index (κ3) is 3.85. The van der Waals surface area contributed by atoms with E-state index in [9.17, 15) is 0 Å². The summed E-state index contributed by atoms with van der Waals surface area (Å²) in [6, 6.07) is 1.28. The SMILES string of the molecule is C\C=C/N=C1\C=C(CNC2=CNCC=C2N2C3CNCC2C3)C=C\C1=C/CC. The van der Waals surface area contributed by atoms with Crippen molar-refractivity contribution in [2.75, 3.05) is 26.2 Å². The van der Waals surface area contributed by atoms with Gasteiger partial charge >= 0.3 is 0 Å². The molecule has 148 valence electrons. The molecule has 5 heteroatoms. The van der Waals surface area contributed by atoms with Gasteiger partial charge in [0.15, 0.2) is 0 Å². The predicted molar refractivity (Wildman–Crippen MR) is 117 cm³/mol. The zero-order chi connectivity index (χ0) is 19.3. The summed E-state index contributed by atoms with van der Waals surface area (Å²) in [6.45, 7) is 8.04. The Bertz CT molecular complexity index is 795. The summed E-state index contributed by atoms with van der Waals surface area (Å²) in [5.74, 6) is 0. The number of hydrogen-bond donors (Lipinski definition) is 3. The van der Waals surface area contributed by atoms with Crippen LogP contribution in [-0.4, -0.2) is 48.9 Å². The Balaban J connectivity index is 1.44. The number of allylic oxidation sites excluding steroid dienone is 5. The van der Waals surface area contributed by atoms with Gasteiger partial charge in [0, 0.05) is 50.7 Å². The molecule has 0 amide bonds. The quantitative estimate of drug-likeness (QED) is 0.666. The van der Waals surface area contributed by atoms with Gasteiger partial charge in [-0.3, -0.25) is 4.99 Å². The summed E-state index contributed by atoms with van der Waals surface area (Å²) in [7, 11) is 0.